The van der Waals surface area contributed by atoms with Gasteiger partial charge in [0.2, 0.25) is 0 Å². The zero-order chi connectivity index (χ0) is 14.8. The molecular weight excluding hydrogens is 336 g/mol. The second kappa shape index (κ2) is 10.6. The maximum Gasteiger partial charge on any atom is 0.0801 e. The fraction of sp³-hybridized carbons (Fsp3) is 0.647. The number of rotatable bonds is 10. The largest absolute Gasteiger partial charge is 0.388 e. The van der Waals surface area contributed by atoms with Crippen molar-refractivity contribution in [3.8, 4) is 0 Å². The number of benzene rings is 1. The second-order valence-corrected chi connectivity index (χ2v) is 6.74. The van der Waals surface area contributed by atoms with Gasteiger partial charge in [0, 0.05) is 9.50 Å². The van der Waals surface area contributed by atoms with Crippen molar-refractivity contribution < 1.29 is 5.11 Å². The summed E-state index contributed by atoms with van der Waals surface area (Å²) in [6, 6.07) is 5.58. The summed E-state index contributed by atoms with van der Waals surface area (Å²) in [5.41, 5.74) is 0.942. The van der Waals surface area contributed by atoms with E-state index in [0.29, 0.717) is 5.02 Å². The molecule has 0 bridgehead atoms. The third-order valence-electron chi connectivity index (χ3n) is 3.65. The van der Waals surface area contributed by atoms with E-state index in [-0.39, 0.29) is 6.10 Å². The third-order valence-corrected chi connectivity index (χ3v) is 4.57. The molecule has 0 radical (unpaired) electrons. The van der Waals surface area contributed by atoms with Crippen LogP contribution in [0, 0.1) is 0 Å². The van der Waals surface area contributed by atoms with Crippen molar-refractivity contribution in [3.63, 3.8) is 0 Å². The summed E-state index contributed by atoms with van der Waals surface area (Å²) in [6.07, 6.45) is 10.8. The second-order valence-electron chi connectivity index (χ2n) is 5.45. The Balaban J connectivity index is 2.15. The van der Waals surface area contributed by atoms with Gasteiger partial charge >= 0.3 is 0 Å². The number of unbranched alkanes of at least 4 members (excludes halogenated alkanes) is 7. The van der Waals surface area contributed by atoms with Crippen LogP contribution in [-0.4, -0.2) is 5.11 Å². The molecule has 0 spiro atoms. The molecule has 1 aromatic carbocycles. The van der Waals surface area contributed by atoms with Gasteiger partial charge in [0.15, 0.2) is 0 Å². The lowest BCUT2D eigenvalue weighted by Gasteiger charge is -2.13. The molecule has 0 aromatic heterocycles. The summed E-state index contributed by atoms with van der Waals surface area (Å²) in [5, 5.41) is 10.9. The highest BCUT2D eigenvalue weighted by atomic mass is 79.9. The quantitative estimate of drug-likeness (QED) is 0.461. The van der Waals surface area contributed by atoms with Crippen LogP contribution < -0.4 is 0 Å². The molecule has 0 amide bonds. The monoisotopic (exact) mass is 360 g/mol. The Hall–Kier alpha value is -0.0500. The van der Waals surface area contributed by atoms with Crippen molar-refractivity contribution in [2.24, 2.45) is 0 Å². The van der Waals surface area contributed by atoms with E-state index in [0.717, 1.165) is 22.9 Å². The third kappa shape index (κ3) is 7.10. The van der Waals surface area contributed by atoms with E-state index in [1.807, 2.05) is 18.2 Å². The molecule has 0 saturated carbocycles. The van der Waals surface area contributed by atoms with E-state index in [4.69, 9.17) is 11.6 Å². The van der Waals surface area contributed by atoms with E-state index in [1.165, 1.54) is 44.9 Å². The Bertz CT molecular complexity index is 381. The first-order valence-electron chi connectivity index (χ1n) is 7.78. The molecule has 0 fully saturated rings. The van der Waals surface area contributed by atoms with Crippen LogP contribution in [0.25, 0.3) is 0 Å². The maximum absolute atomic E-state index is 10.2. The molecule has 0 saturated heterocycles. The Morgan fingerprint density at radius 3 is 2.25 bits per heavy atom. The van der Waals surface area contributed by atoms with Gasteiger partial charge in [0.05, 0.1) is 6.10 Å². The molecule has 20 heavy (non-hydrogen) atoms. The highest BCUT2D eigenvalue weighted by Gasteiger charge is 2.11. The van der Waals surface area contributed by atoms with E-state index in [2.05, 4.69) is 22.9 Å². The molecule has 1 atom stereocenters. The summed E-state index contributed by atoms with van der Waals surface area (Å²) in [5.74, 6) is 0. The van der Waals surface area contributed by atoms with E-state index < -0.39 is 0 Å². The van der Waals surface area contributed by atoms with Gasteiger partial charge in [-0.2, -0.15) is 0 Å². The molecule has 1 unspecified atom stereocenters. The zero-order valence-electron chi connectivity index (χ0n) is 12.4. The topological polar surface area (TPSA) is 20.2 Å². The minimum absolute atomic E-state index is 0.387. The van der Waals surface area contributed by atoms with Gasteiger partial charge in [-0.25, -0.2) is 0 Å². The van der Waals surface area contributed by atoms with Crippen molar-refractivity contribution >= 4 is 27.5 Å². The van der Waals surface area contributed by atoms with Gasteiger partial charge in [-0.05, 0) is 24.1 Å². The van der Waals surface area contributed by atoms with Crippen LogP contribution in [0.3, 0.4) is 0 Å². The van der Waals surface area contributed by atoms with Crippen molar-refractivity contribution in [2.45, 2.75) is 70.8 Å². The number of halogens is 2. The zero-order valence-corrected chi connectivity index (χ0v) is 14.7. The average molecular weight is 362 g/mol. The van der Waals surface area contributed by atoms with Gasteiger partial charge in [-0.3, -0.25) is 0 Å². The van der Waals surface area contributed by atoms with E-state index in [9.17, 15) is 5.11 Å². The predicted molar refractivity (Wildman–Crippen MR) is 91.3 cm³/mol. The van der Waals surface area contributed by atoms with Crippen LogP contribution in [-0.2, 0) is 0 Å². The van der Waals surface area contributed by atoms with E-state index in [1.54, 1.807) is 0 Å². The lowest BCUT2D eigenvalue weighted by atomic mass is 10.0. The van der Waals surface area contributed by atoms with Crippen LogP contribution >= 0.6 is 27.5 Å². The van der Waals surface area contributed by atoms with Gasteiger partial charge in [-0.15, -0.1) is 0 Å². The van der Waals surface area contributed by atoms with Crippen LogP contribution in [0.1, 0.15) is 76.4 Å². The number of hydrogen-bond acceptors (Lipinski definition) is 1. The Morgan fingerprint density at radius 2 is 1.65 bits per heavy atom. The summed E-state index contributed by atoms with van der Waals surface area (Å²) in [7, 11) is 0. The molecule has 1 N–H and O–H groups in total. The summed E-state index contributed by atoms with van der Waals surface area (Å²) >= 11 is 9.37. The van der Waals surface area contributed by atoms with Gasteiger partial charge in [0.25, 0.3) is 0 Å². The molecule has 0 heterocycles. The van der Waals surface area contributed by atoms with Crippen molar-refractivity contribution in [2.75, 3.05) is 0 Å². The molecule has 3 heteroatoms. The van der Waals surface area contributed by atoms with Crippen LogP contribution in [0.5, 0.6) is 0 Å². The highest BCUT2D eigenvalue weighted by Crippen LogP contribution is 2.29. The van der Waals surface area contributed by atoms with Crippen molar-refractivity contribution in [1.29, 1.82) is 0 Å². The normalized spacial score (nSPS) is 12.6. The highest BCUT2D eigenvalue weighted by molar-refractivity contribution is 9.10. The summed E-state index contributed by atoms with van der Waals surface area (Å²) in [6.45, 7) is 2.25. The Labute approximate surface area is 136 Å². The number of aliphatic hydroxyl groups is 1. The Morgan fingerprint density at radius 1 is 1.05 bits per heavy atom. The lowest BCUT2D eigenvalue weighted by molar-refractivity contribution is 0.162. The van der Waals surface area contributed by atoms with Crippen molar-refractivity contribution in [3.05, 3.63) is 33.3 Å². The first-order chi connectivity index (χ1) is 9.65. The lowest BCUT2D eigenvalue weighted by Crippen LogP contribution is -1.98. The average Bonchev–Trinajstić information content (AvgIpc) is 2.41. The molecular formula is C17H26BrClO. The molecule has 114 valence electrons. The standard InChI is InChI=1S/C17H26BrClO/c1-2-3-4-5-6-7-8-9-10-17(20)15-12-11-14(19)13-16(15)18/h11-13,17,20H,2-10H2,1H3. The smallest absolute Gasteiger partial charge is 0.0801 e. The van der Waals surface area contributed by atoms with Crippen molar-refractivity contribution in [1.82, 2.24) is 0 Å². The van der Waals surface area contributed by atoms with Gasteiger partial charge in [-0.1, -0.05) is 91.9 Å². The molecule has 0 aliphatic rings. The van der Waals surface area contributed by atoms with Gasteiger partial charge < -0.3 is 5.11 Å². The van der Waals surface area contributed by atoms with Gasteiger partial charge in [0.1, 0.15) is 0 Å². The van der Waals surface area contributed by atoms with Crippen LogP contribution in [0.15, 0.2) is 22.7 Å². The molecule has 1 aromatic rings. The summed E-state index contributed by atoms with van der Waals surface area (Å²) in [4.78, 5) is 0. The predicted octanol–water partition coefficient (Wildman–Crippen LogP) is 6.67. The minimum Gasteiger partial charge on any atom is -0.388 e. The SMILES string of the molecule is CCCCCCCCCCC(O)c1ccc(Cl)cc1Br. The molecule has 1 nitrogen and oxygen atoms in total. The van der Waals surface area contributed by atoms with Crippen LogP contribution in [0.4, 0.5) is 0 Å². The molecule has 1 rings (SSSR count). The van der Waals surface area contributed by atoms with Crippen LogP contribution in [0.2, 0.25) is 5.02 Å². The minimum atomic E-state index is -0.387. The number of hydrogen-bond donors (Lipinski definition) is 1. The molecule has 0 aliphatic heterocycles. The number of aliphatic hydroxyl groups excluding tert-OH is 1. The first-order valence-corrected chi connectivity index (χ1v) is 8.95. The van der Waals surface area contributed by atoms with E-state index >= 15 is 0 Å². The fourth-order valence-electron chi connectivity index (χ4n) is 2.40. The molecule has 0 aliphatic carbocycles. The fourth-order valence-corrected chi connectivity index (χ4v) is 3.35. The maximum atomic E-state index is 10.2. The first kappa shape index (κ1) is 18.0. The summed E-state index contributed by atoms with van der Waals surface area (Å²) < 4.78 is 0.900. The Kier molecular flexibility index (Phi) is 9.58.